The van der Waals surface area contributed by atoms with E-state index in [1.54, 1.807) is 0 Å². The normalized spacial score (nSPS) is 14.2. The number of nitrogens with one attached hydrogen (secondary N) is 2. The Hall–Kier alpha value is -1.73. The molecule has 4 N–H and O–H groups in total. The van der Waals surface area contributed by atoms with Gasteiger partial charge in [0.2, 0.25) is 0 Å². The number of ether oxygens (including phenoxy) is 1. The molecular weight excluding hydrogens is 268 g/mol. The maximum Gasteiger partial charge on any atom is 0.251 e. The van der Waals surface area contributed by atoms with Gasteiger partial charge in [-0.15, -0.1) is 0 Å². The summed E-state index contributed by atoms with van der Waals surface area (Å²) in [5.41, 5.74) is 1.34. The molecule has 0 radical (unpaired) electrons. The number of hydrogen-bond donors (Lipinski definition) is 3. The van der Waals surface area contributed by atoms with E-state index in [1.807, 2.05) is 5.43 Å². The van der Waals surface area contributed by atoms with Crippen LogP contribution in [0.25, 0.3) is 0 Å². The van der Waals surface area contributed by atoms with Gasteiger partial charge in [-0.2, -0.15) is 0 Å². The number of nitrogen functional groups attached to an aromatic ring is 1. The second-order valence-electron chi connectivity index (χ2n) is 4.73. The molecule has 20 heavy (non-hydrogen) atoms. The molecule has 0 aromatic heterocycles. The highest BCUT2D eigenvalue weighted by atomic mass is 19.1. The van der Waals surface area contributed by atoms with Crippen LogP contribution in [0, 0.1) is 17.6 Å². The van der Waals surface area contributed by atoms with Gasteiger partial charge in [-0.25, -0.2) is 8.78 Å². The monoisotopic (exact) mass is 285 g/mol. The fourth-order valence-corrected chi connectivity index (χ4v) is 1.72. The number of hydrazine groups is 1. The topological polar surface area (TPSA) is 76.4 Å². The Labute approximate surface area is 115 Å². The van der Waals surface area contributed by atoms with E-state index < -0.39 is 23.2 Å². The second-order valence-corrected chi connectivity index (χ2v) is 4.73. The molecule has 0 heterocycles. The summed E-state index contributed by atoms with van der Waals surface area (Å²) in [7, 11) is 0. The van der Waals surface area contributed by atoms with Gasteiger partial charge in [0.1, 0.15) is 5.69 Å². The molecule has 0 aliphatic heterocycles. The van der Waals surface area contributed by atoms with Gasteiger partial charge >= 0.3 is 0 Å². The van der Waals surface area contributed by atoms with Crippen molar-refractivity contribution in [3.05, 3.63) is 29.3 Å². The minimum Gasteiger partial charge on any atom is -0.379 e. The van der Waals surface area contributed by atoms with Crippen molar-refractivity contribution in [1.29, 1.82) is 0 Å². The van der Waals surface area contributed by atoms with Gasteiger partial charge in [0.15, 0.2) is 11.6 Å². The molecular formula is C13H17F2N3O2. The van der Waals surface area contributed by atoms with Crippen molar-refractivity contribution >= 4 is 11.6 Å². The van der Waals surface area contributed by atoms with Crippen LogP contribution in [0.15, 0.2) is 12.1 Å². The Kier molecular flexibility index (Phi) is 4.86. The number of rotatable bonds is 7. The number of anilines is 1. The van der Waals surface area contributed by atoms with Crippen molar-refractivity contribution in [2.24, 2.45) is 11.8 Å². The zero-order valence-corrected chi connectivity index (χ0v) is 10.9. The number of halogens is 2. The number of carbonyl (C=O) groups is 1. The predicted molar refractivity (Wildman–Crippen MR) is 70.0 cm³/mol. The van der Waals surface area contributed by atoms with E-state index in [2.05, 4.69) is 5.32 Å². The lowest BCUT2D eigenvalue weighted by atomic mass is 10.1. The fourth-order valence-electron chi connectivity index (χ4n) is 1.72. The Morgan fingerprint density at radius 3 is 2.55 bits per heavy atom. The van der Waals surface area contributed by atoms with Crippen LogP contribution in [0.3, 0.4) is 0 Å². The Bertz CT molecular complexity index is 469. The summed E-state index contributed by atoms with van der Waals surface area (Å²) >= 11 is 0. The van der Waals surface area contributed by atoms with Crippen LogP contribution < -0.4 is 16.6 Å². The number of amides is 1. The number of nitrogens with two attached hydrogens (primary N) is 1. The Balaban J connectivity index is 1.81. The maximum atomic E-state index is 13.4. The molecule has 1 aliphatic carbocycles. The van der Waals surface area contributed by atoms with Gasteiger partial charge in [-0.3, -0.25) is 10.6 Å². The van der Waals surface area contributed by atoms with E-state index in [9.17, 15) is 13.6 Å². The lowest BCUT2D eigenvalue weighted by Gasteiger charge is -2.08. The summed E-state index contributed by atoms with van der Waals surface area (Å²) in [6, 6.07) is 1.86. The molecule has 1 aliphatic rings. The largest absolute Gasteiger partial charge is 0.379 e. The van der Waals surface area contributed by atoms with Crippen molar-refractivity contribution in [3.63, 3.8) is 0 Å². The van der Waals surface area contributed by atoms with Gasteiger partial charge in [-0.05, 0) is 30.9 Å². The van der Waals surface area contributed by atoms with Crippen molar-refractivity contribution in [2.45, 2.75) is 12.8 Å². The summed E-state index contributed by atoms with van der Waals surface area (Å²) in [5, 5.41) is 2.54. The highest BCUT2D eigenvalue weighted by Gasteiger charge is 2.21. The van der Waals surface area contributed by atoms with Crippen molar-refractivity contribution in [3.8, 4) is 0 Å². The lowest BCUT2D eigenvalue weighted by Crippen LogP contribution is -2.28. The third kappa shape index (κ3) is 3.88. The van der Waals surface area contributed by atoms with E-state index in [4.69, 9.17) is 10.6 Å². The van der Waals surface area contributed by atoms with Crippen LogP contribution in [-0.2, 0) is 4.74 Å². The van der Waals surface area contributed by atoms with Gasteiger partial charge in [-0.1, -0.05) is 0 Å². The van der Waals surface area contributed by atoms with Crippen LogP contribution in [-0.4, -0.2) is 25.7 Å². The predicted octanol–water partition coefficient (Wildman–Crippen LogP) is 1.41. The first kappa shape index (κ1) is 14.7. The van der Waals surface area contributed by atoms with Crippen LogP contribution in [0.5, 0.6) is 0 Å². The average Bonchev–Trinajstić information content (AvgIpc) is 3.21. The van der Waals surface area contributed by atoms with Crippen LogP contribution >= 0.6 is 0 Å². The Morgan fingerprint density at radius 1 is 1.35 bits per heavy atom. The summed E-state index contributed by atoms with van der Waals surface area (Å²) in [6.07, 6.45) is 2.40. The van der Waals surface area contributed by atoms with Gasteiger partial charge in [0.25, 0.3) is 5.91 Å². The van der Waals surface area contributed by atoms with Crippen molar-refractivity contribution in [1.82, 2.24) is 5.32 Å². The van der Waals surface area contributed by atoms with Gasteiger partial charge in [0.05, 0.1) is 6.61 Å². The average molecular weight is 285 g/mol. The van der Waals surface area contributed by atoms with Crippen LogP contribution in [0.2, 0.25) is 0 Å². The number of hydrogen-bond acceptors (Lipinski definition) is 4. The van der Waals surface area contributed by atoms with E-state index in [-0.39, 0.29) is 5.56 Å². The first-order valence-corrected chi connectivity index (χ1v) is 6.43. The van der Waals surface area contributed by atoms with E-state index in [0.29, 0.717) is 25.7 Å². The summed E-state index contributed by atoms with van der Waals surface area (Å²) in [4.78, 5) is 11.7. The van der Waals surface area contributed by atoms with E-state index >= 15 is 0 Å². The first-order valence-electron chi connectivity index (χ1n) is 6.43. The molecule has 1 aromatic carbocycles. The lowest BCUT2D eigenvalue weighted by molar-refractivity contribution is 0.0905. The standard InChI is InChI=1S/C13H17F2N3O2/c14-10-5-9(6-11(15)12(10)18-16)13(19)17-3-4-20-7-8-1-2-8/h5-6,8,18H,1-4,7,16H2,(H,17,19). The SMILES string of the molecule is NNc1c(F)cc(C(=O)NCCOCC2CC2)cc1F. The molecule has 0 atom stereocenters. The zero-order chi connectivity index (χ0) is 14.5. The minimum absolute atomic E-state index is 0.0961. The molecule has 2 rings (SSSR count). The summed E-state index contributed by atoms with van der Waals surface area (Å²) < 4.78 is 32.2. The van der Waals surface area contributed by atoms with Crippen LogP contribution in [0.4, 0.5) is 14.5 Å². The number of carbonyl (C=O) groups excluding carboxylic acids is 1. The third-order valence-electron chi connectivity index (χ3n) is 3.03. The molecule has 110 valence electrons. The zero-order valence-electron chi connectivity index (χ0n) is 10.9. The summed E-state index contributed by atoms with van der Waals surface area (Å²) in [5.74, 6) is 3.25. The molecule has 0 bridgehead atoms. The highest BCUT2D eigenvalue weighted by Crippen LogP contribution is 2.28. The number of benzene rings is 1. The molecule has 1 aromatic rings. The quantitative estimate of drug-likeness (QED) is 0.402. The molecule has 0 spiro atoms. The minimum atomic E-state index is -0.914. The molecule has 1 fully saturated rings. The maximum absolute atomic E-state index is 13.4. The molecule has 7 heteroatoms. The molecule has 5 nitrogen and oxygen atoms in total. The fraction of sp³-hybridized carbons (Fsp3) is 0.462. The highest BCUT2D eigenvalue weighted by molar-refractivity contribution is 5.94. The van der Waals surface area contributed by atoms with Gasteiger partial charge in [0, 0.05) is 18.7 Å². The molecule has 1 amide bonds. The summed E-state index contributed by atoms with van der Waals surface area (Å²) in [6.45, 7) is 1.39. The smallest absolute Gasteiger partial charge is 0.251 e. The van der Waals surface area contributed by atoms with Crippen LogP contribution in [0.1, 0.15) is 23.2 Å². The molecule has 1 saturated carbocycles. The molecule has 0 saturated heterocycles. The first-order chi connectivity index (χ1) is 9.61. The third-order valence-corrected chi connectivity index (χ3v) is 3.03. The Morgan fingerprint density at radius 2 is 2.00 bits per heavy atom. The van der Waals surface area contributed by atoms with Gasteiger partial charge < -0.3 is 15.5 Å². The van der Waals surface area contributed by atoms with Crippen molar-refractivity contribution in [2.75, 3.05) is 25.2 Å². The van der Waals surface area contributed by atoms with E-state index in [0.717, 1.165) is 12.1 Å². The van der Waals surface area contributed by atoms with Crippen molar-refractivity contribution < 1.29 is 18.3 Å². The molecule has 0 unspecified atom stereocenters. The second kappa shape index (κ2) is 6.62. The van der Waals surface area contributed by atoms with E-state index in [1.165, 1.54) is 12.8 Å².